The minimum Gasteiger partial charge on any atom is -0.542 e. The number of hydrogen-bond acceptors (Lipinski definition) is 6. The Morgan fingerprint density at radius 3 is 1.32 bits per heavy atom. The normalized spacial score (nSPS) is 7.68. The van der Waals surface area contributed by atoms with Crippen LogP contribution in [0.25, 0.3) is 0 Å². The zero-order chi connectivity index (χ0) is 15.5. The van der Waals surface area contributed by atoms with E-state index in [1.807, 2.05) is 0 Å². The zero-order valence-corrected chi connectivity index (χ0v) is 14.2. The average molecular weight is 379 g/mol. The van der Waals surface area contributed by atoms with Crippen molar-refractivity contribution in [2.24, 2.45) is 0 Å². The number of hydrogen-bond donors (Lipinski definition) is 0. The number of aliphatic carboxylic acids is 2. The molecule has 0 rings (SSSR count). The van der Waals surface area contributed by atoms with Gasteiger partial charge in [0.05, 0.1) is 0 Å². The summed E-state index contributed by atoms with van der Waals surface area (Å²) in [5.74, 6) is -3.35. The molecule has 108 valence electrons. The summed E-state index contributed by atoms with van der Waals surface area (Å²) in [5, 5.41) is 17.8. The first-order chi connectivity index (χ1) is 8.95. The maximum absolute atomic E-state index is 8.89. The van der Waals surface area contributed by atoms with Crippen LogP contribution in [-0.4, -0.2) is 45.7 Å². The van der Waals surface area contributed by atoms with Gasteiger partial charge < -0.3 is 19.8 Å². The predicted octanol–water partition coefficient (Wildman–Crippen LogP) is -1.00. The maximum atomic E-state index is 8.89. The van der Waals surface area contributed by atoms with E-state index < -0.39 is 11.9 Å². The zero-order valence-electron chi connectivity index (χ0n) is 11.3. The fourth-order valence-electron chi connectivity index (χ4n) is 0.729. The van der Waals surface area contributed by atoms with E-state index in [1.54, 1.807) is 8.87 Å². The summed E-state index contributed by atoms with van der Waals surface area (Å²) in [6.45, 7) is 4.58. The standard InChI is InChI=1S/2C4H9.2C2H2O3.Sn/c2*1-3-4-2;2*3-1-2(4)5;/h2*1,3-4H2,2H3;2*1H,(H,4,5);/q;;;;+2/p-2. The van der Waals surface area contributed by atoms with Crippen molar-refractivity contribution in [2.45, 2.75) is 48.4 Å². The molecule has 0 bridgehead atoms. The molecule has 0 aliphatic rings. The summed E-state index contributed by atoms with van der Waals surface area (Å²) in [4.78, 5) is 35.5. The van der Waals surface area contributed by atoms with Gasteiger partial charge in [-0.15, -0.1) is 0 Å². The van der Waals surface area contributed by atoms with Gasteiger partial charge in [-0.05, 0) is 0 Å². The molecule has 19 heavy (non-hydrogen) atoms. The third-order valence-corrected chi connectivity index (χ3v) is 5.64. The van der Waals surface area contributed by atoms with Crippen LogP contribution in [0.15, 0.2) is 0 Å². The van der Waals surface area contributed by atoms with E-state index in [2.05, 4.69) is 13.8 Å². The molecule has 0 aliphatic carbocycles. The Morgan fingerprint density at radius 2 is 1.16 bits per heavy atom. The maximum Gasteiger partial charge on any atom is 0.165 e. The first kappa shape index (κ1) is 23.2. The van der Waals surface area contributed by atoms with Gasteiger partial charge in [0.25, 0.3) is 0 Å². The van der Waals surface area contributed by atoms with Crippen LogP contribution in [-0.2, 0) is 19.2 Å². The smallest absolute Gasteiger partial charge is 0.165 e. The number of carbonyl (C=O) groups is 4. The fraction of sp³-hybridized carbons (Fsp3) is 0.667. The molecule has 6 nitrogen and oxygen atoms in total. The van der Waals surface area contributed by atoms with Gasteiger partial charge in [-0.25, -0.2) is 0 Å². The number of carboxylic acids is 2. The Labute approximate surface area is 123 Å². The van der Waals surface area contributed by atoms with Gasteiger partial charge in [0.15, 0.2) is 12.6 Å². The predicted molar refractivity (Wildman–Crippen MR) is 67.3 cm³/mol. The van der Waals surface area contributed by atoms with Crippen LogP contribution >= 0.6 is 0 Å². The molecule has 0 saturated heterocycles. The molecule has 0 fully saturated rings. The van der Waals surface area contributed by atoms with Gasteiger partial charge >= 0.3 is 69.5 Å². The van der Waals surface area contributed by atoms with Crippen LogP contribution in [0.2, 0.25) is 8.87 Å². The largest absolute Gasteiger partial charge is 0.542 e. The Morgan fingerprint density at radius 1 is 0.895 bits per heavy atom. The number of rotatable bonds is 8. The molecular weight excluding hydrogens is 359 g/mol. The molecule has 0 unspecified atom stereocenters. The van der Waals surface area contributed by atoms with Crippen molar-refractivity contribution >= 4 is 45.7 Å². The van der Waals surface area contributed by atoms with Crippen LogP contribution in [0.3, 0.4) is 0 Å². The molecule has 0 N–H and O–H groups in total. The molecule has 0 spiro atoms. The van der Waals surface area contributed by atoms with E-state index in [0.29, 0.717) is 0 Å². The quantitative estimate of drug-likeness (QED) is 0.231. The van der Waals surface area contributed by atoms with E-state index in [9.17, 15) is 0 Å². The number of aldehydes is 2. The van der Waals surface area contributed by atoms with Gasteiger partial charge in [-0.3, -0.25) is 9.59 Å². The molecular formula is C12H20O6Sn. The molecule has 0 radical (unpaired) electrons. The second-order valence-corrected chi connectivity index (χ2v) is 7.61. The minimum atomic E-state index is -1.68. The Bertz CT molecular complexity index is 218. The first-order valence-electron chi connectivity index (χ1n) is 5.99. The van der Waals surface area contributed by atoms with Gasteiger partial charge in [-0.2, -0.15) is 0 Å². The molecule has 0 heterocycles. The molecule has 0 aromatic carbocycles. The summed E-state index contributed by atoms with van der Waals surface area (Å²) < 4.78 is 3.25. The van der Waals surface area contributed by atoms with Crippen LogP contribution in [0, 0.1) is 0 Å². The Hall–Kier alpha value is -0.921. The van der Waals surface area contributed by atoms with Crippen molar-refractivity contribution in [1.29, 1.82) is 0 Å². The Balaban J connectivity index is -0.000000219. The van der Waals surface area contributed by atoms with Gasteiger partial charge in [-0.1, -0.05) is 0 Å². The molecule has 0 aliphatic heterocycles. The summed E-state index contributed by atoms with van der Waals surface area (Å²) >= 11 is 0.149. The van der Waals surface area contributed by atoms with Crippen molar-refractivity contribution in [1.82, 2.24) is 0 Å². The van der Waals surface area contributed by atoms with E-state index in [-0.39, 0.29) is 33.7 Å². The van der Waals surface area contributed by atoms with Crippen LogP contribution < -0.4 is 10.2 Å². The van der Waals surface area contributed by atoms with E-state index in [4.69, 9.17) is 29.4 Å². The molecule has 7 heteroatoms. The molecule has 0 aromatic rings. The van der Waals surface area contributed by atoms with Crippen LogP contribution in [0.4, 0.5) is 0 Å². The molecule has 0 saturated carbocycles. The van der Waals surface area contributed by atoms with Crippen molar-refractivity contribution in [3.63, 3.8) is 0 Å². The second-order valence-electron chi connectivity index (χ2n) is 3.33. The SMILES string of the molecule is CCC[CH2][Sn+2][CH2]CCC.O=CC(=O)[O-].O=CC(=O)[O-]. The van der Waals surface area contributed by atoms with E-state index >= 15 is 0 Å². The molecule has 0 atom stereocenters. The first-order valence-corrected chi connectivity index (χ1v) is 10.0. The Kier molecular flexibility index (Phi) is 27.2. The van der Waals surface area contributed by atoms with Crippen molar-refractivity contribution in [2.75, 3.05) is 0 Å². The van der Waals surface area contributed by atoms with Crippen molar-refractivity contribution in [3.05, 3.63) is 0 Å². The summed E-state index contributed by atoms with van der Waals surface area (Å²) in [7, 11) is 0. The van der Waals surface area contributed by atoms with Gasteiger partial charge in [0.1, 0.15) is 11.9 Å². The number of unbranched alkanes of at least 4 members (excludes halogenated alkanes) is 2. The van der Waals surface area contributed by atoms with Crippen LogP contribution in [0.1, 0.15) is 39.5 Å². The monoisotopic (exact) mass is 380 g/mol. The third kappa shape index (κ3) is 47.1. The average Bonchev–Trinajstić information content (AvgIpc) is 2.40. The van der Waals surface area contributed by atoms with Gasteiger partial charge in [0.2, 0.25) is 0 Å². The van der Waals surface area contributed by atoms with E-state index in [0.717, 1.165) is 0 Å². The van der Waals surface area contributed by atoms with Crippen molar-refractivity contribution in [3.8, 4) is 0 Å². The third-order valence-electron chi connectivity index (χ3n) is 1.61. The summed E-state index contributed by atoms with van der Waals surface area (Å²) in [5.41, 5.74) is 0. The molecule has 0 amide bonds. The fourth-order valence-corrected chi connectivity index (χ4v) is 4.89. The van der Waals surface area contributed by atoms with Crippen molar-refractivity contribution < 1.29 is 29.4 Å². The topological polar surface area (TPSA) is 114 Å². The second kappa shape index (κ2) is 22.3. The number of carboxylic acid groups (broad SMARTS) is 2. The van der Waals surface area contributed by atoms with Gasteiger partial charge in [0, 0.05) is 0 Å². The summed E-state index contributed by atoms with van der Waals surface area (Å²) in [6, 6.07) is 0. The van der Waals surface area contributed by atoms with Crippen LogP contribution in [0.5, 0.6) is 0 Å². The van der Waals surface area contributed by atoms with E-state index in [1.165, 1.54) is 25.7 Å². The number of carbonyl (C=O) groups excluding carboxylic acids is 4. The molecule has 0 aromatic heterocycles. The minimum absolute atomic E-state index is 0.149. The summed E-state index contributed by atoms with van der Waals surface area (Å²) in [6.07, 6.45) is 5.28.